The van der Waals surface area contributed by atoms with Gasteiger partial charge in [0, 0.05) is 31.0 Å². The van der Waals surface area contributed by atoms with Gasteiger partial charge in [-0.05, 0) is 43.4 Å². The van der Waals surface area contributed by atoms with E-state index in [4.69, 9.17) is 0 Å². The van der Waals surface area contributed by atoms with Gasteiger partial charge in [-0.25, -0.2) is 18.1 Å². The van der Waals surface area contributed by atoms with E-state index in [-0.39, 0.29) is 5.91 Å². The first kappa shape index (κ1) is 24.0. The van der Waals surface area contributed by atoms with Crippen molar-refractivity contribution in [2.75, 3.05) is 16.3 Å². The molecule has 2 aromatic heterocycles. The lowest BCUT2D eigenvalue weighted by Crippen LogP contribution is -2.29. The zero-order valence-corrected chi connectivity index (χ0v) is 20.7. The topological polar surface area (TPSA) is 118 Å². The molecule has 2 unspecified atom stereocenters. The van der Waals surface area contributed by atoms with Crippen LogP contribution in [0.4, 0.5) is 11.4 Å². The number of nitrogens with zero attached hydrogens (tertiary/aromatic N) is 3. The fourth-order valence-corrected chi connectivity index (χ4v) is 5.10. The van der Waals surface area contributed by atoms with E-state index >= 15 is 0 Å². The maximum atomic E-state index is 13.2. The van der Waals surface area contributed by atoms with E-state index in [0.29, 0.717) is 36.3 Å². The normalized spacial score (nSPS) is 18.6. The fourth-order valence-electron chi connectivity index (χ4n) is 4.54. The van der Waals surface area contributed by atoms with Crippen LogP contribution in [-0.2, 0) is 23.1 Å². The Morgan fingerprint density at radius 3 is 2.62 bits per heavy atom. The molecule has 1 amide bonds. The molecule has 0 saturated heterocycles. The number of sulfonamides is 1. The Bertz CT molecular complexity index is 1270. The number of anilines is 2. The second-order valence-corrected chi connectivity index (χ2v) is 10.9. The predicted molar refractivity (Wildman–Crippen MR) is 134 cm³/mol. The van der Waals surface area contributed by atoms with Crippen molar-refractivity contribution in [3.8, 4) is 0 Å². The van der Waals surface area contributed by atoms with Crippen LogP contribution in [0.25, 0.3) is 11.0 Å². The minimum atomic E-state index is -3.33. The number of nitrogens with one attached hydrogen (secondary N) is 3. The van der Waals surface area contributed by atoms with Crippen molar-refractivity contribution < 1.29 is 13.2 Å². The fraction of sp³-hybridized carbons (Fsp3) is 0.458. The zero-order chi connectivity index (χ0) is 24.3. The van der Waals surface area contributed by atoms with Crippen LogP contribution >= 0.6 is 0 Å². The van der Waals surface area contributed by atoms with Crippen molar-refractivity contribution in [3.63, 3.8) is 0 Å². The Hall–Kier alpha value is -3.14. The number of carbonyl (C=O) groups is 1. The number of amides is 1. The van der Waals surface area contributed by atoms with E-state index in [9.17, 15) is 13.2 Å². The van der Waals surface area contributed by atoms with Crippen molar-refractivity contribution in [3.05, 3.63) is 47.8 Å². The van der Waals surface area contributed by atoms with E-state index in [0.717, 1.165) is 41.4 Å². The van der Waals surface area contributed by atoms with Crippen LogP contribution in [-0.4, -0.2) is 41.4 Å². The second kappa shape index (κ2) is 10.0. The number of hydrogen-bond acceptors (Lipinski definition) is 6. The quantitative estimate of drug-likeness (QED) is 0.448. The molecular formula is C24H32N6O3S. The third-order valence-electron chi connectivity index (χ3n) is 6.21. The average Bonchev–Trinajstić information content (AvgIpc) is 3.21. The number of carbonyl (C=O) groups excluding carboxylic acids is 1. The van der Waals surface area contributed by atoms with Crippen LogP contribution in [0, 0.1) is 5.92 Å². The van der Waals surface area contributed by atoms with E-state index in [1.807, 2.05) is 11.6 Å². The van der Waals surface area contributed by atoms with Crippen LogP contribution in [0.5, 0.6) is 0 Å². The van der Waals surface area contributed by atoms with Gasteiger partial charge in [0.1, 0.15) is 0 Å². The van der Waals surface area contributed by atoms with E-state index in [2.05, 4.69) is 32.4 Å². The van der Waals surface area contributed by atoms with Gasteiger partial charge in [0.05, 0.1) is 29.1 Å². The Kier molecular flexibility index (Phi) is 7.06. The summed E-state index contributed by atoms with van der Waals surface area (Å²) in [5.74, 6) is 0.433. The molecule has 4 rings (SSSR count). The number of pyridine rings is 1. The molecule has 1 fully saturated rings. The van der Waals surface area contributed by atoms with Crippen LogP contribution in [0.1, 0.15) is 55.5 Å². The highest BCUT2D eigenvalue weighted by Gasteiger charge is 2.23. The Morgan fingerprint density at radius 2 is 1.94 bits per heavy atom. The molecule has 2 atom stereocenters. The molecule has 0 spiro atoms. The summed E-state index contributed by atoms with van der Waals surface area (Å²) in [6, 6.07) is 7.21. The first-order chi connectivity index (χ1) is 16.2. The van der Waals surface area contributed by atoms with Crippen molar-refractivity contribution in [2.24, 2.45) is 5.92 Å². The highest BCUT2D eigenvalue weighted by atomic mass is 32.2. The smallest absolute Gasteiger partial charge is 0.255 e. The number of hydrogen-bond donors (Lipinski definition) is 3. The second-order valence-electron chi connectivity index (χ2n) is 9.11. The molecule has 182 valence electrons. The minimum absolute atomic E-state index is 0.219. The summed E-state index contributed by atoms with van der Waals surface area (Å²) < 4.78 is 27.0. The summed E-state index contributed by atoms with van der Waals surface area (Å²) in [5.41, 5.74) is 3.38. The minimum Gasteiger partial charge on any atom is -0.381 e. The number of aryl methyl sites for hydroxylation is 1. The van der Waals surface area contributed by atoms with Crippen molar-refractivity contribution in [2.45, 2.75) is 58.7 Å². The highest BCUT2D eigenvalue weighted by molar-refractivity contribution is 7.92. The average molecular weight is 485 g/mol. The number of rotatable bonds is 8. The highest BCUT2D eigenvalue weighted by Crippen LogP contribution is 2.31. The van der Waals surface area contributed by atoms with E-state index in [1.54, 1.807) is 36.7 Å². The lowest BCUT2D eigenvalue weighted by Gasteiger charge is -2.29. The maximum absolute atomic E-state index is 13.2. The van der Waals surface area contributed by atoms with Gasteiger partial charge >= 0.3 is 0 Å². The number of aromatic nitrogens is 3. The standard InChI is InChI=1S/C24H32N6O3S/c1-4-30-23-20(15-27-30)22(28-19-7-5-6-16(2)12-19)21(14-25-23)24(31)26-13-17-8-10-18(11-9-17)29-34(3,32)33/h8-11,14-16,19,29H,4-7,12-13H2,1-3H3,(H,25,28)(H,26,31). The van der Waals surface area contributed by atoms with Gasteiger partial charge in [-0.2, -0.15) is 5.10 Å². The monoisotopic (exact) mass is 484 g/mol. The molecule has 2 heterocycles. The van der Waals surface area contributed by atoms with Crippen LogP contribution in [0.2, 0.25) is 0 Å². The third-order valence-corrected chi connectivity index (χ3v) is 6.81. The van der Waals surface area contributed by atoms with E-state index in [1.165, 1.54) is 12.8 Å². The lowest BCUT2D eigenvalue weighted by atomic mass is 9.87. The number of benzene rings is 1. The molecule has 3 N–H and O–H groups in total. The van der Waals surface area contributed by atoms with Crippen LogP contribution < -0.4 is 15.4 Å². The van der Waals surface area contributed by atoms with E-state index < -0.39 is 10.0 Å². The Morgan fingerprint density at radius 1 is 1.18 bits per heavy atom. The molecule has 10 heteroatoms. The molecule has 1 aromatic carbocycles. The van der Waals surface area contributed by atoms with Gasteiger partial charge in [0.25, 0.3) is 5.91 Å². The molecular weight excluding hydrogens is 452 g/mol. The van der Waals surface area contributed by atoms with Gasteiger partial charge in [-0.3, -0.25) is 9.52 Å². The molecule has 0 bridgehead atoms. The van der Waals surface area contributed by atoms with Gasteiger partial charge in [-0.15, -0.1) is 0 Å². The van der Waals surface area contributed by atoms with Crippen molar-refractivity contribution in [1.29, 1.82) is 0 Å². The molecule has 9 nitrogen and oxygen atoms in total. The molecule has 0 aliphatic heterocycles. The summed E-state index contributed by atoms with van der Waals surface area (Å²) in [7, 11) is -3.33. The summed E-state index contributed by atoms with van der Waals surface area (Å²) in [6.45, 7) is 5.30. The van der Waals surface area contributed by atoms with Gasteiger partial charge in [0.15, 0.2) is 5.65 Å². The van der Waals surface area contributed by atoms with Crippen LogP contribution in [0.15, 0.2) is 36.7 Å². The molecule has 1 aliphatic rings. The lowest BCUT2D eigenvalue weighted by molar-refractivity contribution is 0.0951. The van der Waals surface area contributed by atoms with Gasteiger partial charge in [0.2, 0.25) is 10.0 Å². The first-order valence-corrected chi connectivity index (χ1v) is 13.6. The Balaban J connectivity index is 1.54. The Labute approximate surface area is 200 Å². The summed E-state index contributed by atoms with van der Waals surface area (Å²) in [6.07, 6.45) is 9.07. The molecule has 3 aromatic rings. The largest absolute Gasteiger partial charge is 0.381 e. The molecule has 1 aliphatic carbocycles. The SMILES string of the molecule is CCn1ncc2c(NC3CCCC(C)C3)c(C(=O)NCc3ccc(NS(C)(=O)=O)cc3)cnc21. The van der Waals surface area contributed by atoms with Crippen molar-refractivity contribution >= 4 is 38.3 Å². The molecule has 1 saturated carbocycles. The van der Waals surface area contributed by atoms with Gasteiger partial charge < -0.3 is 10.6 Å². The summed E-state index contributed by atoms with van der Waals surface area (Å²) >= 11 is 0. The van der Waals surface area contributed by atoms with Gasteiger partial charge in [-0.1, -0.05) is 31.9 Å². The predicted octanol–water partition coefficient (Wildman–Crippen LogP) is 3.74. The maximum Gasteiger partial charge on any atom is 0.255 e. The first-order valence-electron chi connectivity index (χ1n) is 11.7. The summed E-state index contributed by atoms with van der Waals surface area (Å²) in [5, 5.41) is 11.9. The molecule has 0 radical (unpaired) electrons. The van der Waals surface area contributed by atoms with Crippen LogP contribution in [0.3, 0.4) is 0 Å². The molecule has 34 heavy (non-hydrogen) atoms. The summed E-state index contributed by atoms with van der Waals surface area (Å²) in [4.78, 5) is 17.7. The number of fused-ring (bicyclic) bond motifs is 1. The zero-order valence-electron chi connectivity index (χ0n) is 19.8. The third kappa shape index (κ3) is 5.67. The van der Waals surface area contributed by atoms with Crippen molar-refractivity contribution in [1.82, 2.24) is 20.1 Å².